The molecule has 0 aromatic rings. The fourth-order valence-electron chi connectivity index (χ4n) is 0.851. The van der Waals surface area contributed by atoms with Gasteiger partial charge in [0.1, 0.15) is 12.1 Å². The minimum absolute atomic E-state index is 0.550. The third kappa shape index (κ3) is 2.73. The van der Waals surface area contributed by atoms with Gasteiger partial charge in [-0.3, -0.25) is 4.79 Å². The van der Waals surface area contributed by atoms with E-state index < -0.39 is 22.4 Å². The van der Waals surface area contributed by atoms with E-state index in [9.17, 15) is 4.79 Å². The van der Waals surface area contributed by atoms with Crippen LogP contribution in [0.1, 0.15) is 41.5 Å². The largest absolute Gasteiger partial charge is 0.429 e. The quantitative estimate of drug-likeness (QED) is 0.638. The molecule has 0 aromatic heterocycles. The first-order valence-electron chi connectivity index (χ1n) is 5.06. The van der Waals surface area contributed by atoms with Crippen LogP contribution in [0, 0.1) is 33.5 Å². The van der Waals surface area contributed by atoms with Gasteiger partial charge in [0.25, 0.3) is 5.60 Å². The average Bonchev–Trinajstić information content (AvgIpc) is 2.10. The van der Waals surface area contributed by atoms with E-state index in [-0.39, 0.29) is 0 Å². The highest BCUT2D eigenvalue weighted by molar-refractivity contribution is 5.76. The van der Waals surface area contributed by atoms with Crippen LogP contribution in [0.25, 0.3) is 0 Å². The minimum Gasteiger partial charge on any atom is -0.429 e. The molecule has 88 valence electrons. The van der Waals surface area contributed by atoms with Gasteiger partial charge in [0, 0.05) is 5.41 Å². The van der Waals surface area contributed by atoms with Crippen molar-refractivity contribution in [1.29, 1.82) is 10.5 Å². The van der Waals surface area contributed by atoms with Crippen molar-refractivity contribution in [2.75, 3.05) is 0 Å². The zero-order valence-electron chi connectivity index (χ0n) is 10.7. The summed E-state index contributed by atoms with van der Waals surface area (Å²) in [5.74, 6) is -0.550. The molecule has 0 amide bonds. The second kappa shape index (κ2) is 4.14. The Hall–Kier alpha value is -1.55. The molecule has 0 heterocycles. The zero-order chi connectivity index (χ0) is 13.2. The van der Waals surface area contributed by atoms with E-state index in [4.69, 9.17) is 15.3 Å². The van der Waals surface area contributed by atoms with E-state index in [1.54, 1.807) is 53.7 Å². The molecule has 0 unspecified atom stereocenters. The van der Waals surface area contributed by atoms with Crippen LogP contribution in [0.5, 0.6) is 0 Å². The lowest BCUT2D eigenvalue weighted by atomic mass is 9.78. The van der Waals surface area contributed by atoms with E-state index in [1.807, 2.05) is 0 Å². The Kier molecular flexibility index (Phi) is 3.74. The van der Waals surface area contributed by atoms with Gasteiger partial charge in [0.05, 0.1) is 5.41 Å². The Morgan fingerprint density at radius 2 is 1.38 bits per heavy atom. The van der Waals surface area contributed by atoms with Gasteiger partial charge in [0.15, 0.2) is 0 Å². The predicted octanol–water partition coefficient (Wildman–Crippen LogP) is 2.41. The summed E-state index contributed by atoms with van der Waals surface area (Å²) in [7, 11) is 0. The Labute approximate surface area is 96.8 Å². The second-order valence-corrected chi connectivity index (χ2v) is 5.79. The van der Waals surface area contributed by atoms with Crippen LogP contribution < -0.4 is 0 Å². The lowest BCUT2D eigenvalue weighted by Gasteiger charge is -2.34. The maximum atomic E-state index is 11.7. The summed E-state index contributed by atoms with van der Waals surface area (Å²) in [6.45, 7) is 10.1. The fraction of sp³-hybridized carbons (Fsp3) is 0.750. The van der Waals surface area contributed by atoms with E-state index in [0.717, 1.165) is 0 Å². The van der Waals surface area contributed by atoms with Gasteiger partial charge in [0.2, 0.25) is 0 Å². The highest BCUT2D eigenvalue weighted by Crippen LogP contribution is 2.34. The number of hydrogen-bond donors (Lipinski definition) is 0. The minimum atomic E-state index is -1.74. The highest BCUT2D eigenvalue weighted by Gasteiger charge is 2.48. The summed E-state index contributed by atoms with van der Waals surface area (Å²) in [6, 6.07) is 3.61. The first kappa shape index (κ1) is 14.5. The number of esters is 1. The molecule has 0 aliphatic carbocycles. The molecule has 0 spiro atoms. The molecule has 0 aliphatic rings. The maximum absolute atomic E-state index is 11.7. The topological polar surface area (TPSA) is 73.9 Å². The molecular formula is C12H18N2O2. The maximum Gasteiger partial charge on any atom is 0.313 e. The Morgan fingerprint density at radius 1 is 1.00 bits per heavy atom. The normalized spacial score (nSPS) is 12.5. The smallest absolute Gasteiger partial charge is 0.313 e. The monoisotopic (exact) mass is 222 g/mol. The van der Waals surface area contributed by atoms with Gasteiger partial charge in [-0.15, -0.1) is 0 Å². The number of carbonyl (C=O) groups is 1. The molecule has 4 heteroatoms. The van der Waals surface area contributed by atoms with Crippen LogP contribution in [0.2, 0.25) is 0 Å². The molecule has 0 saturated carbocycles. The first-order chi connectivity index (χ1) is 7.00. The van der Waals surface area contributed by atoms with Crippen molar-refractivity contribution in [2.45, 2.75) is 47.1 Å². The van der Waals surface area contributed by atoms with Crippen molar-refractivity contribution in [2.24, 2.45) is 10.8 Å². The third-order valence-corrected chi connectivity index (χ3v) is 2.23. The number of nitrogens with zero attached hydrogens (tertiary/aromatic N) is 2. The van der Waals surface area contributed by atoms with Crippen LogP contribution in [-0.4, -0.2) is 11.6 Å². The van der Waals surface area contributed by atoms with Gasteiger partial charge in [-0.25, -0.2) is 0 Å². The molecule has 4 nitrogen and oxygen atoms in total. The molecule has 0 radical (unpaired) electrons. The third-order valence-electron chi connectivity index (χ3n) is 2.23. The van der Waals surface area contributed by atoms with Crippen LogP contribution in [0.3, 0.4) is 0 Å². The summed E-state index contributed by atoms with van der Waals surface area (Å²) in [6.07, 6.45) is 0. The van der Waals surface area contributed by atoms with E-state index >= 15 is 0 Å². The molecule has 0 N–H and O–H groups in total. The average molecular weight is 222 g/mol. The van der Waals surface area contributed by atoms with Gasteiger partial charge in [-0.1, -0.05) is 20.8 Å². The van der Waals surface area contributed by atoms with Crippen LogP contribution >= 0.6 is 0 Å². The zero-order valence-corrected chi connectivity index (χ0v) is 10.7. The Morgan fingerprint density at radius 3 is 1.56 bits per heavy atom. The number of nitriles is 2. The van der Waals surface area contributed by atoms with E-state index in [1.165, 1.54) is 0 Å². The summed E-state index contributed by atoms with van der Waals surface area (Å²) in [5, 5.41) is 18.2. The lowest BCUT2D eigenvalue weighted by molar-refractivity contribution is -0.166. The molecule has 0 aromatic carbocycles. The molecule has 0 saturated heterocycles. The van der Waals surface area contributed by atoms with Crippen molar-refractivity contribution in [3.63, 3.8) is 0 Å². The molecule has 0 rings (SSSR count). The van der Waals surface area contributed by atoms with Crippen molar-refractivity contribution < 1.29 is 9.53 Å². The van der Waals surface area contributed by atoms with E-state index in [0.29, 0.717) is 0 Å². The summed E-state index contributed by atoms with van der Waals surface area (Å²) < 4.78 is 5.10. The first-order valence-corrected chi connectivity index (χ1v) is 5.06. The fourth-order valence-corrected chi connectivity index (χ4v) is 0.851. The summed E-state index contributed by atoms with van der Waals surface area (Å²) in [5.41, 5.74) is -3.22. The Balaban J connectivity index is 5.26. The number of hydrogen-bond acceptors (Lipinski definition) is 4. The van der Waals surface area contributed by atoms with Crippen LogP contribution in [0.4, 0.5) is 0 Å². The van der Waals surface area contributed by atoms with E-state index in [2.05, 4.69) is 0 Å². The van der Waals surface area contributed by atoms with Gasteiger partial charge in [-0.05, 0) is 20.8 Å². The SMILES string of the molecule is CC(C)(C)C(=O)OC(C#N)(C#N)C(C)(C)C. The predicted molar refractivity (Wildman–Crippen MR) is 59.0 cm³/mol. The number of rotatable bonds is 1. The Bertz CT molecular complexity index is 344. The molecule has 16 heavy (non-hydrogen) atoms. The van der Waals surface area contributed by atoms with Gasteiger partial charge in [-0.2, -0.15) is 10.5 Å². The van der Waals surface area contributed by atoms with Crippen LogP contribution in [0.15, 0.2) is 0 Å². The van der Waals surface area contributed by atoms with Crippen molar-refractivity contribution >= 4 is 5.97 Å². The summed E-state index contributed by atoms with van der Waals surface area (Å²) >= 11 is 0. The van der Waals surface area contributed by atoms with Crippen molar-refractivity contribution in [1.82, 2.24) is 0 Å². The summed E-state index contributed by atoms with van der Waals surface area (Å²) in [4.78, 5) is 11.7. The highest BCUT2D eigenvalue weighted by atomic mass is 16.6. The number of ether oxygens (including phenoxy) is 1. The molecule has 0 fully saturated rings. The second-order valence-electron chi connectivity index (χ2n) is 5.79. The lowest BCUT2D eigenvalue weighted by Crippen LogP contribution is -2.46. The van der Waals surface area contributed by atoms with Crippen molar-refractivity contribution in [3.8, 4) is 12.1 Å². The molecule has 0 bridgehead atoms. The molecular weight excluding hydrogens is 204 g/mol. The van der Waals surface area contributed by atoms with Gasteiger partial charge < -0.3 is 4.74 Å². The van der Waals surface area contributed by atoms with Gasteiger partial charge >= 0.3 is 5.97 Å². The van der Waals surface area contributed by atoms with Crippen molar-refractivity contribution in [3.05, 3.63) is 0 Å². The number of carbonyl (C=O) groups excluding carboxylic acids is 1. The van der Waals surface area contributed by atoms with Crippen LogP contribution in [-0.2, 0) is 9.53 Å². The molecule has 0 atom stereocenters. The standard InChI is InChI=1S/C12H18N2O2/c1-10(2,3)9(15)16-12(7-13,8-14)11(4,5)6/h1-6H3. The molecule has 0 aliphatic heterocycles.